The van der Waals surface area contributed by atoms with Crippen molar-refractivity contribution in [1.82, 2.24) is 0 Å². The number of aliphatic hydroxyl groups is 5. The Morgan fingerprint density at radius 3 is 1.38 bits per heavy atom. The van der Waals surface area contributed by atoms with Gasteiger partial charge in [-0.2, -0.15) is 0 Å². The number of rotatable bonds is 40. The van der Waals surface area contributed by atoms with Crippen LogP contribution in [0.4, 0.5) is 0 Å². The van der Waals surface area contributed by atoms with Crippen LogP contribution >= 0.6 is 7.82 Å². The summed E-state index contributed by atoms with van der Waals surface area (Å²) in [7, 11) is -5.13. The molecule has 61 heavy (non-hydrogen) atoms. The number of hydrogen-bond acceptors (Lipinski definition) is 12. The van der Waals surface area contributed by atoms with Crippen molar-refractivity contribution in [3.63, 3.8) is 0 Å². The number of aliphatic hydroxyl groups excluding tert-OH is 5. The van der Waals surface area contributed by atoms with E-state index in [9.17, 15) is 44.6 Å². The number of hydrogen-bond donors (Lipinski definition) is 6. The van der Waals surface area contributed by atoms with Crippen molar-refractivity contribution in [3.05, 3.63) is 24.3 Å². The topological polar surface area (TPSA) is 210 Å². The lowest BCUT2D eigenvalue weighted by molar-refractivity contribution is -0.220. The molecule has 1 rings (SSSR count). The number of phosphoric ester groups is 1. The molecular formula is C47H87O13P. The van der Waals surface area contributed by atoms with Crippen molar-refractivity contribution in [2.75, 3.05) is 13.2 Å². The normalized spacial score (nSPS) is 22.2. The van der Waals surface area contributed by atoms with E-state index in [0.717, 1.165) is 44.9 Å². The highest BCUT2D eigenvalue weighted by molar-refractivity contribution is 7.47. The lowest BCUT2D eigenvalue weighted by atomic mass is 9.85. The van der Waals surface area contributed by atoms with E-state index in [1.54, 1.807) is 12.2 Å². The predicted octanol–water partition coefficient (Wildman–Crippen LogP) is 9.62. The summed E-state index contributed by atoms with van der Waals surface area (Å²) in [5, 5.41) is 50.1. The van der Waals surface area contributed by atoms with Gasteiger partial charge in [-0.25, -0.2) is 9.36 Å². The first-order valence-electron chi connectivity index (χ1n) is 24.2. The fourth-order valence-electron chi connectivity index (χ4n) is 7.50. The van der Waals surface area contributed by atoms with Gasteiger partial charge in [-0.3, -0.25) is 13.8 Å². The van der Waals surface area contributed by atoms with Gasteiger partial charge in [0.15, 0.2) is 6.10 Å². The average Bonchev–Trinajstić information content (AvgIpc) is 3.24. The Labute approximate surface area is 368 Å². The quantitative estimate of drug-likeness (QED) is 0.0111. The molecule has 14 heteroatoms. The summed E-state index contributed by atoms with van der Waals surface area (Å²) in [4.78, 5) is 35.6. The Kier molecular flexibility index (Phi) is 35.4. The van der Waals surface area contributed by atoms with Crippen LogP contribution in [-0.4, -0.2) is 98.3 Å². The summed E-state index contributed by atoms with van der Waals surface area (Å²) >= 11 is 0. The Hall–Kier alpha value is -1.67. The summed E-state index contributed by atoms with van der Waals surface area (Å²) in [6, 6.07) is 0. The van der Waals surface area contributed by atoms with Crippen molar-refractivity contribution in [2.24, 2.45) is 0 Å². The maximum Gasteiger partial charge on any atom is 0.472 e. The molecule has 0 aliphatic heterocycles. The molecule has 0 aromatic rings. The van der Waals surface area contributed by atoms with Crippen molar-refractivity contribution in [1.29, 1.82) is 0 Å². The molecule has 0 heterocycles. The molecule has 13 nitrogen and oxygen atoms in total. The number of carbonyl (C=O) groups is 2. The lowest BCUT2D eigenvalue weighted by Gasteiger charge is -2.41. The Morgan fingerprint density at radius 1 is 0.541 bits per heavy atom. The molecule has 0 amide bonds. The van der Waals surface area contributed by atoms with Crippen molar-refractivity contribution in [3.8, 4) is 0 Å². The van der Waals surface area contributed by atoms with Gasteiger partial charge in [0, 0.05) is 12.5 Å². The van der Waals surface area contributed by atoms with Crippen LogP contribution < -0.4 is 0 Å². The van der Waals surface area contributed by atoms with Gasteiger partial charge >= 0.3 is 19.8 Å². The largest absolute Gasteiger partial charge is 0.472 e. The standard InChI is InChI=1S/C47H87O13P/c1-3-5-7-9-11-13-15-17-19-20-22-24-26-28-30-32-34-36-41(49)59-39(38-58-61(55,56)60-47-45(53)43(51)42(50)44(52)46(47)54)37-57-40(48)35-33-31-29-27-25-23-21-18-16-14-12-10-8-6-4-2/h29,31,33,35,39,42-47,50-54H,3-28,30,32,34,36-38H2,1-2H3,(H,55,56)/b31-29+,35-33+/t39-,42?,43+,44?,45?,46?,47?/m1/s1. The molecule has 0 spiro atoms. The molecule has 358 valence electrons. The minimum Gasteiger partial charge on any atom is -0.458 e. The third-order valence-corrected chi connectivity index (χ3v) is 12.4. The minimum absolute atomic E-state index is 0.0821. The fraction of sp³-hybridized carbons (Fsp3) is 0.872. The van der Waals surface area contributed by atoms with Gasteiger partial charge in [-0.1, -0.05) is 199 Å². The number of esters is 2. The Morgan fingerprint density at radius 2 is 0.934 bits per heavy atom. The molecule has 1 aliphatic carbocycles. The molecular weight excluding hydrogens is 803 g/mol. The zero-order chi connectivity index (χ0) is 45.0. The van der Waals surface area contributed by atoms with E-state index in [-0.39, 0.29) is 6.42 Å². The Balaban J connectivity index is 2.47. The summed E-state index contributed by atoms with van der Waals surface area (Å²) in [6.45, 7) is 3.21. The van der Waals surface area contributed by atoms with Crippen molar-refractivity contribution in [2.45, 2.75) is 249 Å². The van der Waals surface area contributed by atoms with Crippen LogP contribution in [0.25, 0.3) is 0 Å². The monoisotopic (exact) mass is 891 g/mol. The summed E-state index contributed by atoms with van der Waals surface area (Å²) in [5.74, 6) is -1.34. The number of allylic oxidation sites excluding steroid dienone is 3. The highest BCUT2D eigenvalue weighted by atomic mass is 31.2. The third-order valence-electron chi connectivity index (χ3n) is 11.4. The van der Waals surface area contributed by atoms with Crippen LogP contribution in [-0.2, 0) is 32.7 Å². The molecule has 1 saturated carbocycles. The van der Waals surface area contributed by atoms with E-state index in [4.69, 9.17) is 18.5 Å². The van der Waals surface area contributed by atoms with E-state index < -0.39 is 75.7 Å². The average molecular weight is 891 g/mol. The van der Waals surface area contributed by atoms with E-state index in [1.165, 1.54) is 141 Å². The van der Waals surface area contributed by atoms with Crippen LogP contribution in [0, 0.1) is 0 Å². The number of phosphoric acid groups is 1. The van der Waals surface area contributed by atoms with Crippen molar-refractivity contribution < 1.29 is 63.1 Å². The third kappa shape index (κ3) is 30.2. The van der Waals surface area contributed by atoms with Crippen LogP contribution in [0.3, 0.4) is 0 Å². The van der Waals surface area contributed by atoms with Crippen LogP contribution in [0.2, 0.25) is 0 Å². The molecule has 8 atom stereocenters. The first-order chi connectivity index (χ1) is 29.4. The Bertz CT molecular complexity index is 1170. The van der Waals surface area contributed by atoms with Gasteiger partial charge in [-0.15, -0.1) is 0 Å². The first kappa shape index (κ1) is 57.3. The lowest BCUT2D eigenvalue weighted by Crippen LogP contribution is -2.64. The summed E-state index contributed by atoms with van der Waals surface area (Å²) in [5.41, 5.74) is 0. The maximum atomic E-state index is 12.8. The highest BCUT2D eigenvalue weighted by Gasteiger charge is 2.51. The molecule has 0 aromatic heterocycles. The van der Waals surface area contributed by atoms with Gasteiger partial charge < -0.3 is 39.9 Å². The molecule has 0 radical (unpaired) electrons. The first-order valence-corrected chi connectivity index (χ1v) is 25.7. The summed E-state index contributed by atoms with van der Waals surface area (Å²) < 4.78 is 33.4. The highest BCUT2D eigenvalue weighted by Crippen LogP contribution is 2.47. The molecule has 0 bridgehead atoms. The van der Waals surface area contributed by atoms with Gasteiger partial charge in [0.05, 0.1) is 6.61 Å². The van der Waals surface area contributed by atoms with Crippen molar-refractivity contribution >= 4 is 19.8 Å². The van der Waals surface area contributed by atoms with Crippen LogP contribution in [0.5, 0.6) is 0 Å². The zero-order valence-electron chi connectivity index (χ0n) is 38.0. The van der Waals surface area contributed by atoms with Gasteiger partial charge in [-0.05, 0) is 19.3 Å². The predicted molar refractivity (Wildman–Crippen MR) is 240 cm³/mol. The van der Waals surface area contributed by atoms with E-state index in [1.807, 2.05) is 6.08 Å². The molecule has 0 aromatic carbocycles. The second-order valence-corrected chi connectivity index (χ2v) is 18.5. The van der Waals surface area contributed by atoms with Gasteiger partial charge in [0.1, 0.15) is 43.2 Å². The second kappa shape index (κ2) is 37.7. The molecule has 6 unspecified atom stereocenters. The van der Waals surface area contributed by atoms with E-state index in [2.05, 4.69) is 13.8 Å². The van der Waals surface area contributed by atoms with Crippen LogP contribution in [0.1, 0.15) is 206 Å². The number of carbonyl (C=O) groups excluding carboxylic acids is 2. The van der Waals surface area contributed by atoms with E-state index in [0.29, 0.717) is 6.42 Å². The van der Waals surface area contributed by atoms with Crippen LogP contribution in [0.15, 0.2) is 24.3 Å². The van der Waals surface area contributed by atoms with E-state index >= 15 is 0 Å². The molecule has 0 saturated heterocycles. The maximum absolute atomic E-state index is 12.8. The second-order valence-electron chi connectivity index (χ2n) is 17.0. The smallest absolute Gasteiger partial charge is 0.458 e. The minimum atomic E-state index is -5.13. The number of unbranched alkanes of at least 4 members (excludes halogenated alkanes) is 27. The molecule has 6 N–H and O–H groups in total. The number of ether oxygens (including phenoxy) is 2. The fourth-order valence-corrected chi connectivity index (χ4v) is 8.47. The zero-order valence-corrected chi connectivity index (χ0v) is 38.9. The molecule has 1 fully saturated rings. The molecule has 1 aliphatic rings. The SMILES string of the molecule is CCCCCCCCCCCCC/C=C/C=C/C(=O)OC[C@H](COP(=O)(O)OC1C(O)C(O)C(O)[C@H](O)C1O)OC(=O)CCCCCCCCCCCCCCCCCCC. The van der Waals surface area contributed by atoms with Gasteiger partial charge in [0.25, 0.3) is 0 Å². The van der Waals surface area contributed by atoms with Gasteiger partial charge in [0.2, 0.25) is 0 Å². The summed E-state index contributed by atoms with van der Waals surface area (Å²) in [6.07, 6.45) is 28.6.